The predicted molar refractivity (Wildman–Crippen MR) is 65.2 cm³/mol. The van der Waals surface area contributed by atoms with Crippen LogP contribution >= 0.6 is 0 Å². The average Bonchev–Trinajstić information content (AvgIpc) is 2.37. The molecule has 5 heteroatoms. The molecule has 0 amide bonds. The standard InChI is InChI=1S/C14H16F3NO/c15-14(16,17)11-2-1-3-12-10(11)4-5-13(19-12)6-8-18-9-7-13/h1-3,18H,4-9H2. The quantitative estimate of drug-likeness (QED) is 0.782. The number of rotatable bonds is 0. The first-order valence-electron chi connectivity index (χ1n) is 6.59. The molecule has 1 N–H and O–H groups in total. The predicted octanol–water partition coefficient (Wildman–Crippen LogP) is 3.15. The molecular weight excluding hydrogens is 255 g/mol. The molecule has 1 aromatic rings. The third-order valence-electron chi connectivity index (χ3n) is 4.11. The number of fused-ring (bicyclic) bond motifs is 1. The van der Waals surface area contributed by atoms with E-state index in [1.165, 1.54) is 6.07 Å². The minimum atomic E-state index is -4.30. The zero-order valence-electron chi connectivity index (χ0n) is 10.5. The highest BCUT2D eigenvalue weighted by molar-refractivity contribution is 5.44. The Morgan fingerprint density at radius 3 is 2.53 bits per heavy atom. The molecule has 1 fully saturated rings. The minimum Gasteiger partial charge on any atom is -0.487 e. The van der Waals surface area contributed by atoms with Gasteiger partial charge in [0, 0.05) is 5.56 Å². The molecule has 0 unspecified atom stereocenters. The van der Waals surface area contributed by atoms with E-state index in [1.807, 2.05) is 0 Å². The molecule has 2 aliphatic rings. The van der Waals surface area contributed by atoms with Crippen molar-refractivity contribution in [1.29, 1.82) is 0 Å². The molecule has 0 bridgehead atoms. The van der Waals surface area contributed by atoms with E-state index in [9.17, 15) is 13.2 Å². The minimum absolute atomic E-state index is 0.261. The normalized spacial score (nSPS) is 21.8. The van der Waals surface area contributed by atoms with Gasteiger partial charge in [0.25, 0.3) is 0 Å². The van der Waals surface area contributed by atoms with Crippen LogP contribution in [0.4, 0.5) is 13.2 Å². The summed E-state index contributed by atoms with van der Waals surface area (Å²) in [6.07, 6.45) is -1.45. The van der Waals surface area contributed by atoms with Crippen molar-refractivity contribution in [2.75, 3.05) is 13.1 Å². The largest absolute Gasteiger partial charge is 0.487 e. The second-order valence-electron chi connectivity index (χ2n) is 5.32. The Morgan fingerprint density at radius 1 is 1.11 bits per heavy atom. The van der Waals surface area contributed by atoms with E-state index in [1.54, 1.807) is 6.07 Å². The fraction of sp³-hybridized carbons (Fsp3) is 0.571. The van der Waals surface area contributed by atoms with Crippen LogP contribution in [-0.2, 0) is 12.6 Å². The fourth-order valence-electron chi connectivity index (χ4n) is 3.06. The summed E-state index contributed by atoms with van der Waals surface area (Å²) in [7, 11) is 0. The summed E-state index contributed by atoms with van der Waals surface area (Å²) < 4.78 is 44.8. The second-order valence-corrected chi connectivity index (χ2v) is 5.32. The van der Waals surface area contributed by atoms with E-state index in [0.717, 1.165) is 32.0 Å². The van der Waals surface area contributed by atoms with Gasteiger partial charge in [-0.15, -0.1) is 0 Å². The molecule has 104 valence electrons. The third-order valence-corrected chi connectivity index (χ3v) is 4.11. The van der Waals surface area contributed by atoms with Crippen LogP contribution in [-0.4, -0.2) is 18.7 Å². The van der Waals surface area contributed by atoms with Gasteiger partial charge >= 0.3 is 6.18 Å². The lowest BCUT2D eigenvalue weighted by Gasteiger charge is -2.42. The number of hydrogen-bond acceptors (Lipinski definition) is 2. The van der Waals surface area contributed by atoms with Crippen LogP contribution in [0.15, 0.2) is 18.2 Å². The Hall–Kier alpha value is -1.23. The van der Waals surface area contributed by atoms with Crippen molar-refractivity contribution in [3.8, 4) is 5.75 Å². The van der Waals surface area contributed by atoms with Crippen LogP contribution in [0.25, 0.3) is 0 Å². The summed E-state index contributed by atoms with van der Waals surface area (Å²) in [4.78, 5) is 0. The molecule has 0 atom stereocenters. The molecule has 3 rings (SSSR count). The van der Waals surface area contributed by atoms with Gasteiger partial charge in [-0.1, -0.05) is 6.07 Å². The Kier molecular flexibility index (Phi) is 2.96. The van der Waals surface area contributed by atoms with E-state index >= 15 is 0 Å². The third kappa shape index (κ3) is 2.31. The molecule has 0 aliphatic carbocycles. The summed E-state index contributed by atoms with van der Waals surface area (Å²) in [5.41, 5.74) is -0.490. The molecule has 2 nitrogen and oxygen atoms in total. The van der Waals surface area contributed by atoms with Crippen LogP contribution in [0.5, 0.6) is 5.75 Å². The van der Waals surface area contributed by atoms with Gasteiger partial charge in [0.2, 0.25) is 0 Å². The maximum atomic E-state index is 12.9. The smallest absolute Gasteiger partial charge is 0.416 e. The lowest BCUT2D eigenvalue weighted by atomic mass is 9.82. The SMILES string of the molecule is FC(F)(F)c1cccc2c1CCC1(CCNCC1)O2. The van der Waals surface area contributed by atoms with Crippen LogP contribution in [0.2, 0.25) is 0 Å². The Bertz CT molecular complexity index is 478. The Balaban J connectivity index is 1.94. The molecule has 2 heterocycles. The molecule has 1 spiro atoms. The number of nitrogens with one attached hydrogen (secondary N) is 1. The maximum absolute atomic E-state index is 12.9. The van der Waals surface area contributed by atoms with Gasteiger partial charge in [0.05, 0.1) is 5.56 Å². The highest BCUT2D eigenvalue weighted by Gasteiger charge is 2.41. The number of alkyl halides is 3. The molecule has 1 saturated heterocycles. The summed E-state index contributed by atoms with van der Waals surface area (Å²) in [6.45, 7) is 1.74. The van der Waals surface area contributed by atoms with Crippen molar-refractivity contribution < 1.29 is 17.9 Å². The van der Waals surface area contributed by atoms with Crippen molar-refractivity contribution in [2.45, 2.75) is 37.5 Å². The molecule has 2 aliphatic heterocycles. The Morgan fingerprint density at radius 2 is 1.84 bits per heavy atom. The van der Waals surface area contributed by atoms with Crippen molar-refractivity contribution >= 4 is 0 Å². The van der Waals surface area contributed by atoms with E-state index in [2.05, 4.69) is 5.32 Å². The molecule has 1 aromatic carbocycles. The van der Waals surface area contributed by atoms with Gasteiger partial charge in [-0.3, -0.25) is 0 Å². The highest BCUT2D eigenvalue weighted by atomic mass is 19.4. The van der Waals surface area contributed by atoms with Crippen LogP contribution in [0, 0.1) is 0 Å². The zero-order valence-corrected chi connectivity index (χ0v) is 10.5. The van der Waals surface area contributed by atoms with Crippen molar-refractivity contribution in [2.24, 2.45) is 0 Å². The van der Waals surface area contributed by atoms with Crippen LogP contribution < -0.4 is 10.1 Å². The number of benzene rings is 1. The summed E-state index contributed by atoms with van der Waals surface area (Å²) in [5.74, 6) is 0.419. The summed E-state index contributed by atoms with van der Waals surface area (Å²) in [5, 5.41) is 3.26. The van der Waals surface area contributed by atoms with Crippen LogP contribution in [0.3, 0.4) is 0 Å². The topological polar surface area (TPSA) is 21.3 Å². The Labute approximate surface area is 109 Å². The van der Waals surface area contributed by atoms with Gasteiger partial charge in [-0.25, -0.2) is 0 Å². The molecule has 0 aromatic heterocycles. The summed E-state index contributed by atoms with van der Waals surface area (Å²) in [6, 6.07) is 4.23. The lowest BCUT2D eigenvalue weighted by Crippen LogP contribution is -2.48. The first kappa shape index (κ1) is 12.8. The van der Waals surface area contributed by atoms with E-state index in [0.29, 0.717) is 24.2 Å². The van der Waals surface area contributed by atoms with Gasteiger partial charge in [-0.2, -0.15) is 13.2 Å². The molecule has 19 heavy (non-hydrogen) atoms. The maximum Gasteiger partial charge on any atom is 0.416 e. The van der Waals surface area contributed by atoms with Crippen molar-refractivity contribution in [3.05, 3.63) is 29.3 Å². The van der Waals surface area contributed by atoms with Gasteiger partial charge in [0.1, 0.15) is 11.4 Å². The van der Waals surface area contributed by atoms with E-state index < -0.39 is 11.7 Å². The molecule has 0 radical (unpaired) electrons. The number of halogens is 3. The summed E-state index contributed by atoms with van der Waals surface area (Å²) >= 11 is 0. The molecular formula is C14H16F3NO. The number of hydrogen-bond donors (Lipinski definition) is 1. The lowest BCUT2D eigenvalue weighted by molar-refractivity contribution is -0.139. The van der Waals surface area contributed by atoms with Gasteiger partial charge in [0.15, 0.2) is 0 Å². The van der Waals surface area contributed by atoms with E-state index in [-0.39, 0.29) is 5.60 Å². The number of piperidine rings is 1. The number of ether oxygens (including phenoxy) is 1. The van der Waals surface area contributed by atoms with Gasteiger partial charge < -0.3 is 10.1 Å². The monoisotopic (exact) mass is 271 g/mol. The highest BCUT2D eigenvalue weighted by Crippen LogP contribution is 2.43. The van der Waals surface area contributed by atoms with Crippen molar-refractivity contribution in [3.63, 3.8) is 0 Å². The average molecular weight is 271 g/mol. The van der Waals surface area contributed by atoms with Crippen LogP contribution in [0.1, 0.15) is 30.4 Å². The van der Waals surface area contributed by atoms with Gasteiger partial charge in [-0.05, 0) is 50.9 Å². The second kappa shape index (κ2) is 4.40. The first-order valence-corrected chi connectivity index (χ1v) is 6.59. The first-order chi connectivity index (χ1) is 9.00. The van der Waals surface area contributed by atoms with Crippen molar-refractivity contribution in [1.82, 2.24) is 5.32 Å². The fourth-order valence-corrected chi connectivity index (χ4v) is 3.06. The van der Waals surface area contributed by atoms with E-state index in [4.69, 9.17) is 4.74 Å². The molecule has 0 saturated carbocycles. The zero-order chi connectivity index (χ0) is 13.5.